The summed E-state index contributed by atoms with van der Waals surface area (Å²) in [6.07, 6.45) is 7.84. The van der Waals surface area contributed by atoms with Crippen LogP contribution in [0.15, 0.2) is 40.8 Å². The second kappa shape index (κ2) is 12.6. The van der Waals surface area contributed by atoms with Crippen molar-refractivity contribution in [2.24, 2.45) is 0 Å². The van der Waals surface area contributed by atoms with Gasteiger partial charge in [0.25, 0.3) is 0 Å². The van der Waals surface area contributed by atoms with Crippen molar-refractivity contribution in [2.75, 3.05) is 13.7 Å². The summed E-state index contributed by atoms with van der Waals surface area (Å²) in [5.41, 5.74) is 1.49. The Labute approximate surface area is 162 Å². The molecule has 0 aliphatic carbocycles. The normalized spacial score (nSPS) is 10.4. The molecule has 0 saturated heterocycles. The van der Waals surface area contributed by atoms with Gasteiger partial charge in [-0.05, 0) is 37.2 Å². The van der Waals surface area contributed by atoms with Gasteiger partial charge in [0.2, 0.25) is 0 Å². The summed E-state index contributed by atoms with van der Waals surface area (Å²) in [6, 6.07) is 11.2. The van der Waals surface area contributed by atoms with E-state index < -0.39 is 0 Å². The number of hydrogen-bond acceptors (Lipinski definition) is 4. The number of carbonyl (C=O) groups is 1. The predicted octanol–water partition coefficient (Wildman–Crippen LogP) is 5.61. The molecular formula is C21H30ClNO3. The molecule has 1 N–H and O–H groups in total. The van der Waals surface area contributed by atoms with Crippen LogP contribution < -0.4 is 5.32 Å². The number of halogens is 1. The van der Waals surface area contributed by atoms with E-state index in [9.17, 15) is 4.79 Å². The van der Waals surface area contributed by atoms with Crippen molar-refractivity contribution in [1.29, 1.82) is 0 Å². The average Bonchev–Trinajstić information content (AvgIpc) is 3.12. The zero-order valence-electron chi connectivity index (χ0n) is 15.8. The number of esters is 1. The van der Waals surface area contributed by atoms with Crippen LogP contribution in [0, 0.1) is 0 Å². The molecule has 0 amide bonds. The summed E-state index contributed by atoms with van der Waals surface area (Å²) in [7, 11) is 1.38. The van der Waals surface area contributed by atoms with Gasteiger partial charge in [0.05, 0.1) is 19.2 Å². The molecule has 1 aromatic heterocycles. The number of methoxy groups -OCH3 is 1. The quantitative estimate of drug-likeness (QED) is 0.407. The first-order valence-electron chi connectivity index (χ1n) is 9.22. The van der Waals surface area contributed by atoms with Crippen molar-refractivity contribution < 1.29 is 13.9 Å². The van der Waals surface area contributed by atoms with Gasteiger partial charge in [-0.15, -0.1) is 12.4 Å². The monoisotopic (exact) mass is 379 g/mol. The Balaban J connectivity index is 0.00000338. The van der Waals surface area contributed by atoms with E-state index in [0.29, 0.717) is 5.56 Å². The van der Waals surface area contributed by atoms with Crippen molar-refractivity contribution in [1.82, 2.24) is 5.32 Å². The largest absolute Gasteiger partial charge is 0.465 e. The van der Waals surface area contributed by atoms with Gasteiger partial charge >= 0.3 is 5.97 Å². The van der Waals surface area contributed by atoms with Crippen LogP contribution in [0.4, 0.5) is 0 Å². The van der Waals surface area contributed by atoms with Gasteiger partial charge in [-0.25, -0.2) is 4.79 Å². The summed E-state index contributed by atoms with van der Waals surface area (Å²) in [5.74, 6) is 1.41. The summed E-state index contributed by atoms with van der Waals surface area (Å²) in [6.45, 7) is 4.01. The van der Waals surface area contributed by atoms with Crippen LogP contribution in [0.3, 0.4) is 0 Å². The zero-order valence-corrected chi connectivity index (χ0v) is 16.6. The summed E-state index contributed by atoms with van der Waals surface area (Å²) < 4.78 is 10.6. The lowest BCUT2D eigenvalue weighted by Crippen LogP contribution is -2.14. The maximum absolute atomic E-state index is 11.5. The number of ether oxygens (including phenoxy) is 1. The SMILES string of the molecule is CCCCCCCCNCc1ccc(-c2ccc(C(=O)OC)cc2)o1.Cl. The Morgan fingerprint density at radius 3 is 2.38 bits per heavy atom. The van der Waals surface area contributed by atoms with Crippen LogP contribution >= 0.6 is 12.4 Å². The van der Waals surface area contributed by atoms with E-state index in [1.54, 1.807) is 12.1 Å². The maximum Gasteiger partial charge on any atom is 0.337 e. The zero-order chi connectivity index (χ0) is 17.9. The Kier molecular flexibility index (Phi) is 10.7. The number of unbranched alkanes of at least 4 members (excludes halogenated alkanes) is 5. The molecule has 0 saturated carbocycles. The van der Waals surface area contributed by atoms with Crippen molar-refractivity contribution in [3.63, 3.8) is 0 Å². The minimum Gasteiger partial charge on any atom is -0.465 e. The fraction of sp³-hybridized carbons (Fsp3) is 0.476. The summed E-state index contributed by atoms with van der Waals surface area (Å²) >= 11 is 0. The molecule has 0 aliphatic rings. The van der Waals surface area contributed by atoms with Crippen molar-refractivity contribution >= 4 is 18.4 Å². The smallest absolute Gasteiger partial charge is 0.337 e. The molecule has 1 aromatic carbocycles. The molecule has 0 radical (unpaired) electrons. The number of rotatable bonds is 11. The number of furan rings is 1. The van der Waals surface area contributed by atoms with Gasteiger partial charge < -0.3 is 14.5 Å². The molecule has 2 aromatic rings. The van der Waals surface area contributed by atoms with Crippen molar-refractivity contribution in [2.45, 2.75) is 52.0 Å². The Morgan fingerprint density at radius 2 is 1.69 bits per heavy atom. The second-order valence-corrected chi connectivity index (χ2v) is 6.28. The molecule has 0 aliphatic heterocycles. The molecule has 0 unspecified atom stereocenters. The van der Waals surface area contributed by atoms with Crippen LogP contribution in [-0.4, -0.2) is 19.6 Å². The molecule has 0 spiro atoms. The topological polar surface area (TPSA) is 51.5 Å². The van der Waals surface area contributed by atoms with E-state index in [-0.39, 0.29) is 18.4 Å². The minimum absolute atomic E-state index is 0. The van der Waals surface area contributed by atoms with E-state index in [0.717, 1.165) is 30.2 Å². The van der Waals surface area contributed by atoms with E-state index in [4.69, 9.17) is 9.15 Å². The first kappa shape index (κ1) is 22.3. The second-order valence-electron chi connectivity index (χ2n) is 6.28. The summed E-state index contributed by atoms with van der Waals surface area (Å²) in [4.78, 5) is 11.5. The van der Waals surface area contributed by atoms with Gasteiger partial charge in [-0.3, -0.25) is 0 Å². The molecule has 5 heteroatoms. The highest BCUT2D eigenvalue weighted by Crippen LogP contribution is 2.22. The van der Waals surface area contributed by atoms with Crippen LogP contribution in [0.5, 0.6) is 0 Å². The first-order valence-corrected chi connectivity index (χ1v) is 9.22. The number of nitrogens with one attached hydrogen (secondary N) is 1. The van der Waals surface area contributed by atoms with E-state index in [2.05, 4.69) is 12.2 Å². The van der Waals surface area contributed by atoms with Crippen LogP contribution in [0.25, 0.3) is 11.3 Å². The lowest BCUT2D eigenvalue weighted by atomic mass is 10.1. The van der Waals surface area contributed by atoms with Gasteiger partial charge in [0, 0.05) is 5.56 Å². The standard InChI is InChI=1S/C21H29NO3.ClH/c1-3-4-5-6-7-8-15-22-16-19-13-14-20(25-19)17-9-11-18(12-10-17)21(23)24-2;/h9-14,22H,3-8,15-16H2,1-2H3;1H. The molecule has 26 heavy (non-hydrogen) atoms. The Morgan fingerprint density at radius 1 is 1.00 bits per heavy atom. The average molecular weight is 380 g/mol. The van der Waals surface area contributed by atoms with Gasteiger partial charge in [0.1, 0.15) is 11.5 Å². The molecule has 0 bridgehead atoms. The predicted molar refractivity (Wildman–Crippen MR) is 108 cm³/mol. The number of carbonyl (C=O) groups excluding carboxylic acids is 1. The van der Waals surface area contributed by atoms with E-state index in [1.807, 2.05) is 24.3 Å². The highest BCUT2D eigenvalue weighted by Gasteiger charge is 2.08. The first-order chi connectivity index (χ1) is 12.2. The molecule has 1 heterocycles. The van der Waals surface area contributed by atoms with Crippen LogP contribution in [0.2, 0.25) is 0 Å². The fourth-order valence-corrected chi connectivity index (χ4v) is 2.76. The number of benzene rings is 1. The minimum atomic E-state index is -0.328. The molecular weight excluding hydrogens is 350 g/mol. The molecule has 0 atom stereocenters. The Hall–Kier alpha value is -1.78. The van der Waals surface area contributed by atoms with Crippen LogP contribution in [0.1, 0.15) is 61.6 Å². The third-order valence-corrected chi connectivity index (χ3v) is 4.26. The third-order valence-electron chi connectivity index (χ3n) is 4.26. The van der Waals surface area contributed by atoms with E-state index in [1.165, 1.54) is 45.6 Å². The van der Waals surface area contributed by atoms with E-state index >= 15 is 0 Å². The maximum atomic E-state index is 11.5. The molecule has 2 rings (SSSR count). The van der Waals surface area contributed by atoms with Gasteiger partial charge in [-0.2, -0.15) is 0 Å². The van der Waals surface area contributed by atoms with Crippen molar-refractivity contribution in [3.8, 4) is 11.3 Å². The molecule has 0 fully saturated rings. The lowest BCUT2D eigenvalue weighted by Gasteiger charge is -2.03. The molecule has 4 nitrogen and oxygen atoms in total. The highest BCUT2D eigenvalue weighted by molar-refractivity contribution is 5.89. The summed E-state index contributed by atoms with van der Waals surface area (Å²) in [5, 5.41) is 3.43. The fourth-order valence-electron chi connectivity index (χ4n) is 2.76. The Bertz CT molecular complexity index is 637. The van der Waals surface area contributed by atoms with Gasteiger partial charge in [0.15, 0.2) is 0 Å². The van der Waals surface area contributed by atoms with Gasteiger partial charge in [-0.1, -0.05) is 51.2 Å². The highest BCUT2D eigenvalue weighted by atomic mass is 35.5. The van der Waals surface area contributed by atoms with Crippen molar-refractivity contribution in [3.05, 3.63) is 47.7 Å². The number of hydrogen-bond donors (Lipinski definition) is 1. The molecule has 144 valence electrons. The van der Waals surface area contributed by atoms with Crippen LogP contribution in [-0.2, 0) is 11.3 Å². The third kappa shape index (κ3) is 7.22. The lowest BCUT2D eigenvalue weighted by molar-refractivity contribution is 0.0600.